The topological polar surface area (TPSA) is 117 Å². The average Bonchev–Trinajstić information content (AvgIpc) is 3.05. The molecule has 1 aromatic heterocycles. The van der Waals surface area contributed by atoms with Crippen molar-refractivity contribution in [3.8, 4) is 0 Å². The van der Waals surface area contributed by atoms with Crippen LogP contribution in [-0.4, -0.2) is 43.8 Å². The van der Waals surface area contributed by atoms with Crippen molar-refractivity contribution >= 4 is 21.9 Å². The summed E-state index contributed by atoms with van der Waals surface area (Å²) in [5.41, 5.74) is 0.246. The Morgan fingerprint density at radius 2 is 1.92 bits per heavy atom. The van der Waals surface area contributed by atoms with E-state index in [9.17, 15) is 27.5 Å². The van der Waals surface area contributed by atoms with E-state index in [1.165, 1.54) is 33.2 Å². The number of carbonyl (C=O) groups is 2. The smallest absolute Gasteiger partial charge is 0.330 e. The van der Waals surface area contributed by atoms with Crippen molar-refractivity contribution in [3.63, 3.8) is 0 Å². The summed E-state index contributed by atoms with van der Waals surface area (Å²) in [7, 11) is -1.27. The first-order valence-corrected chi connectivity index (χ1v) is 8.79. The van der Waals surface area contributed by atoms with Crippen molar-refractivity contribution in [3.05, 3.63) is 53.0 Å². The molecule has 0 saturated carbocycles. The highest BCUT2D eigenvalue weighted by molar-refractivity contribution is 7.88. The minimum atomic E-state index is -3.87. The van der Waals surface area contributed by atoms with E-state index in [4.69, 9.17) is 4.42 Å². The number of hydrogen-bond acceptors (Lipinski definition) is 5. The summed E-state index contributed by atoms with van der Waals surface area (Å²) in [4.78, 5) is 23.8. The van der Waals surface area contributed by atoms with E-state index in [0.717, 1.165) is 22.7 Å². The summed E-state index contributed by atoms with van der Waals surface area (Å²) in [5.74, 6) is -2.70. The lowest BCUT2D eigenvalue weighted by Crippen LogP contribution is -2.33. The van der Waals surface area contributed by atoms with Crippen LogP contribution in [0.1, 0.15) is 27.5 Å². The zero-order valence-electron chi connectivity index (χ0n) is 14.2. The number of furan rings is 1. The largest absolute Gasteiger partial charge is 0.479 e. The van der Waals surface area contributed by atoms with Gasteiger partial charge in [0.2, 0.25) is 5.09 Å². The van der Waals surface area contributed by atoms with Crippen LogP contribution in [0.5, 0.6) is 0 Å². The fourth-order valence-corrected chi connectivity index (χ4v) is 2.91. The van der Waals surface area contributed by atoms with Crippen LogP contribution in [0.3, 0.4) is 0 Å². The molecule has 0 radical (unpaired) electrons. The molecule has 0 fully saturated rings. The molecule has 140 valence electrons. The first-order valence-electron chi connectivity index (χ1n) is 7.35. The first kappa shape index (κ1) is 19.6. The average molecular weight is 384 g/mol. The number of carbonyl (C=O) groups excluding carboxylic acids is 1. The van der Waals surface area contributed by atoms with Gasteiger partial charge in [-0.2, -0.15) is 0 Å². The van der Waals surface area contributed by atoms with Crippen molar-refractivity contribution in [1.29, 1.82) is 0 Å². The summed E-state index contributed by atoms with van der Waals surface area (Å²) >= 11 is 0. The second-order valence-electron chi connectivity index (χ2n) is 5.70. The zero-order chi connectivity index (χ0) is 19.6. The minimum absolute atomic E-state index is 0.157. The van der Waals surface area contributed by atoms with E-state index in [-0.39, 0.29) is 16.7 Å². The molecule has 1 aromatic carbocycles. The number of halogens is 1. The van der Waals surface area contributed by atoms with E-state index in [0.29, 0.717) is 0 Å². The molecule has 8 nitrogen and oxygen atoms in total. The van der Waals surface area contributed by atoms with E-state index in [2.05, 4.69) is 5.32 Å². The number of aliphatic carboxylic acids is 1. The minimum Gasteiger partial charge on any atom is -0.479 e. The number of carboxylic acids is 1. The van der Waals surface area contributed by atoms with Gasteiger partial charge in [0, 0.05) is 20.2 Å². The fraction of sp³-hybridized carbons (Fsp3) is 0.250. The van der Waals surface area contributed by atoms with Gasteiger partial charge in [-0.05, 0) is 24.1 Å². The summed E-state index contributed by atoms with van der Waals surface area (Å²) in [5, 5.41) is 11.2. The van der Waals surface area contributed by atoms with Gasteiger partial charge in [0.05, 0.1) is 5.56 Å². The second kappa shape index (κ2) is 7.26. The summed E-state index contributed by atoms with van der Waals surface area (Å²) in [6.45, 7) is 1.47. The highest BCUT2D eigenvalue weighted by atomic mass is 32.2. The SMILES string of the molecule is Cc1cc(C(NC(=O)c2coc(S(=O)(=O)N(C)C)c2)C(=O)O)ccc1F. The summed E-state index contributed by atoms with van der Waals surface area (Å²) in [6, 6.07) is 3.22. The lowest BCUT2D eigenvalue weighted by Gasteiger charge is -2.15. The van der Waals surface area contributed by atoms with Crippen LogP contribution >= 0.6 is 0 Å². The highest BCUT2D eigenvalue weighted by Crippen LogP contribution is 2.20. The quantitative estimate of drug-likeness (QED) is 0.780. The maximum absolute atomic E-state index is 13.4. The number of nitrogens with one attached hydrogen (secondary N) is 1. The number of benzene rings is 1. The monoisotopic (exact) mass is 384 g/mol. The molecule has 2 rings (SSSR count). The maximum Gasteiger partial charge on any atom is 0.330 e. The van der Waals surface area contributed by atoms with Crippen LogP contribution in [0, 0.1) is 12.7 Å². The van der Waals surface area contributed by atoms with E-state index in [1.54, 1.807) is 0 Å². The van der Waals surface area contributed by atoms with Gasteiger partial charge >= 0.3 is 5.97 Å². The standard InChI is InChI=1S/C16H17FN2O6S/c1-9-6-10(4-5-12(9)17)14(16(21)22)18-15(20)11-7-13(25-8-11)26(23,24)19(2)3/h4-8,14H,1-3H3,(H,18,20)(H,21,22). The Bertz CT molecular complexity index is 951. The van der Waals surface area contributed by atoms with Gasteiger partial charge in [0.15, 0.2) is 6.04 Å². The molecule has 1 unspecified atom stereocenters. The van der Waals surface area contributed by atoms with Gasteiger partial charge in [0.1, 0.15) is 12.1 Å². The van der Waals surface area contributed by atoms with Gasteiger partial charge in [-0.1, -0.05) is 12.1 Å². The Morgan fingerprint density at radius 1 is 1.27 bits per heavy atom. The molecule has 2 aromatic rings. The number of carboxylic acid groups (broad SMARTS) is 1. The Labute approximate surface area is 149 Å². The number of hydrogen-bond donors (Lipinski definition) is 2. The number of nitrogens with zero attached hydrogens (tertiary/aromatic N) is 1. The molecule has 26 heavy (non-hydrogen) atoms. The van der Waals surface area contributed by atoms with Crippen molar-refractivity contribution in [2.24, 2.45) is 0 Å². The molecule has 2 N–H and O–H groups in total. The first-order chi connectivity index (χ1) is 12.0. The van der Waals surface area contributed by atoms with Gasteiger partial charge in [0.25, 0.3) is 15.9 Å². The van der Waals surface area contributed by atoms with Gasteiger partial charge < -0.3 is 14.8 Å². The molecule has 1 atom stereocenters. The number of rotatable bonds is 6. The third kappa shape index (κ3) is 3.92. The Balaban J connectivity index is 2.27. The van der Waals surface area contributed by atoms with Crippen LogP contribution in [-0.2, 0) is 14.8 Å². The highest BCUT2D eigenvalue weighted by Gasteiger charge is 2.27. The van der Waals surface area contributed by atoms with Crippen molar-refractivity contribution in [1.82, 2.24) is 9.62 Å². The maximum atomic E-state index is 13.4. The summed E-state index contributed by atoms with van der Waals surface area (Å²) in [6.07, 6.45) is 0.917. The van der Waals surface area contributed by atoms with E-state index < -0.39 is 38.9 Å². The molecule has 1 amide bonds. The van der Waals surface area contributed by atoms with Gasteiger partial charge in [-0.3, -0.25) is 4.79 Å². The van der Waals surface area contributed by atoms with Crippen LogP contribution in [0.2, 0.25) is 0 Å². The number of aryl methyl sites for hydroxylation is 1. The lowest BCUT2D eigenvalue weighted by atomic mass is 10.0. The predicted molar refractivity (Wildman–Crippen MR) is 88.6 cm³/mol. The molecule has 0 aliphatic carbocycles. The number of sulfonamides is 1. The molecule has 0 saturated heterocycles. The third-order valence-electron chi connectivity index (χ3n) is 3.61. The number of amides is 1. The van der Waals surface area contributed by atoms with Crippen molar-refractivity contribution < 1.29 is 31.9 Å². The molecule has 0 spiro atoms. The van der Waals surface area contributed by atoms with Crippen molar-refractivity contribution in [2.75, 3.05) is 14.1 Å². The van der Waals surface area contributed by atoms with Crippen LogP contribution in [0.4, 0.5) is 4.39 Å². The Hall–Kier alpha value is -2.72. The molecule has 0 aliphatic heterocycles. The Morgan fingerprint density at radius 3 is 2.46 bits per heavy atom. The van der Waals surface area contributed by atoms with Crippen LogP contribution in [0.15, 0.2) is 40.0 Å². The molecular weight excluding hydrogens is 367 g/mol. The van der Waals surface area contributed by atoms with Gasteiger partial charge in [-0.25, -0.2) is 21.9 Å². The third-order valence-corrected chi connectivity index (χ3v) is 5.29. The molecular formula is C16H17FN2O6S. The van der Waals surface area contributed by atoms with E-state index >= 15 is 0 Å². The molecule has 1 heterocycles. The normalized spacial score (nSPS) is 12.8. The van der Waals surface area contributed by atoms with Crippen LogP contribution < -0.4 is 5.32 Å². The van der Waals surface area contributed by atoms with Gasteiger partial charge in [-0.15, -0.1) is 0 Å². The zero-order valence-corrected chi connectivity index (χ0v) is 15.0. The molecule has 10 heteroatoms. The fourth-order valence-electron chi connectivity index (χ4n) is 2.10. The van der Waals surface area contributed by atoms with E-state index in [1.807, 2.05) is 0 Å². The second-order valence-corrected chi connectivity index (χ2v) is 7.78. The summed E-state index contributed by atoms with van der Waals surface area (Å²) < 4.78 is 43.1. The lowest BCUT2D eigenvalue weighted by molar-refractivity contribution is -0.139. The molecule has 0 aliphatic rings. The predicted octanol–water partition coefficient (Wildman–Crippen LogP) is 1.53. The Kier molecular flexibility index (Phi) is 5.47. The van der Waals surface area contributed by atoms with Crippen molar-refractivity contribution in [2.45, 2.75) is 18.1 Å². The van der Waals surface area contributed by atoms with Crippen LogP contribution in [0.25, 0.3) is 0 Å². The molecule has 0 bridgehead atoms.